The molecule has 0 saturated carbocycles. The Labute approximate surface area is 72.6 Å². The van der Waals surface area contributed by atoms with E-state index in [4.69, 9.17) is 0 Å². The van der Waals surface area contributed by atoms with E-state index in [0.29, 0.717) is 0 Å². The number of aromatic nitrogens is 1. The van der Waals surface area contributed by atoms with Crippen molar-refractivity contribution in [3.8, 4) is 0 Å². The van der Waals surface area contributed by atoms with Gasteiger partial charge in [0.05, 0.1) is 0 Å². The first kappa shape index (κ1) is 8.91. The van der Waals surface area contributed by atoms with Crippen LogP contribution in [0.5, 0.6) is 0 Å². The first-order chi connectivity index (χ1) is 5.77. The first-order valence-corrected chi connectivity index (χ1v) is 4.18. The maximum absolute atomic E-state index is 10.6. The van der Waals surface area contributed by atoms with Crippen LogP contribution >= 0.6 is 0 Å². The van der Waals surface area contributed by atoms with Crippen LogP contribution in [0, 0.1) is 6.92 Å². The molecule has 0 unspecified atom stereocenters. The Balaban J connectivity index is 3.03. The summed E-state index contributed by atoms with van der Waals surface area (Å²) < 4.78 is 0. The van der Waals surface area contributed by atoms with E-state index in [-0.39, 0.29) is 0 Å². The molecular formula is C10H13NO. The van der Waals surface area contributed by atoms with E-state index in [2.05, 4.69) is 11.9 Å². The summed E-state index contributed by atoms with van der Waals surface area (Å²) in [5.74, 6) is 0. The number of aldehydes is 1. The van der Waals surface area contributed by atoms with Crippen LogP contribution in [-0.4, -0.2) is 11.3 Å². The molecule has 2 heteroatoms. The van der Waals surface area contributed by atoms with Crippen LogP contribution in [0.3, 0.4) is 0 Å². The minimum absolute atomic E-state index is 0.724. The van der Waals surface area contributed by atoms with Crippen LogP contribution in [0.2, 0.25) is 0 Å². The average molecular weight is 163 g/mol. The van der Waals surface area contributed by atoms with Gasteiger partial charge in [-0.2, -0.15) is 0 Å². The van der Waals surface area contributed by atoms with Gasteiger partial charge < -0.3 is 0 Å². The molecule has 0 bridgehead atoms. The molecule has 0 atom stereocenters. The molecule has 0 N–H and O–H groups in total. The highest BCUT2D eigenvalue weighted by molar-refractivity contribution is 5.76. The highest BCUT2D eigenvalue weighted by atomic mass is 16.1. The number of carbonyl (C=O) groups excluding carboxylic acids is 1. The molecule has 0 spiro atoms. The van der Waals surface area contributed by atoms with E-state index in [9.17, 15) is 4.79 Å². The number of hydrogen-bond donors (Lipinski definition) is 0. The van der Waals surface area contributed by atoms with Crippen molar-refractivity contribution in [2.24, 2.45) is 0 Å². The summed E-state index contributed by atoms with van der Waals surface area (Å²) in [5, 5.41) is 0. The summed E-state index contributed by atoms with van der Waals surface area (Å²) in [6.45, 7) is 4.04. The maximum atomic E-state index is 10.6. The molecular weight excluding hydrogens is 150 g/mol. The summed E-state index contributed by atoms with van der Waals surface area (Å²) in [4.78, 5) is 14.6. The van der Waals surface area contributed by atoms with Crippen LogP contribution in [0.25, 0.3) is 0 Å². The summed E-state index contributed by atoms with van der Waals surface area (Å²) in [6, 6.07) is 1.98. The van der Waals surface area contributed by atoms with Gasteiger partial charge in [0.2, 0.25) is 0 Å². The van der Waals surface area contributed by atoms with Gasteiger partial charge in [0, 0.05) is 17.5 Å². The van der Waals surface area contributed by atoms with Crippen LogP contribution < -0.4 is 0 Å². The van der Waals surface area contributed by atoms with Gasteiger partial charge in [0.25, 0.3) is 0 Å². The Morgan fingerprint density at radius 3 is 2.92 bits per heavy atom. The van der Waals surface area contributed by atoms with E-state index >= 15 is 0 Å². The molecule has 1 aromatic heterocycles. The summed E-state index contributed by atoms with van der Waals surface area (Å²) >= 11 is 0. The van der Waals surface area contributed by atoms with Gasteiger partial charge in [-0.15, -0.1) is 0 Å². The van der Waals surface area contributed by atoms with E-state index in [1.807, 2.05) is 13.0 Å². The van der Waals surface area contributed by atoms with Crippen LogP contribution in [-0.2, 0) is 6.42 Å². The second-order valence-electron chi connectivity index (χ2n) is 2.89. The molecule has 2 nitrogen and oxygen atoms in total. The molecule has 0 amide bonds. The van der Waals surface area contributed by atoms with Crippen molar-refractivity contribution in [1.29, 1.82) is 0 Å². The lowest BCUT2D eigenvalue weighted by atomic mass is 10.1. The minimum atomic E-state index is 0.724. The van der Waals surface area contributed by atoms with E-state index in [1.165, 1.54) is 0 Å². The average Bonchev–Trinajstić information content (AvgIpc) is 2.05. The monoisotopic (exact) mass is 163 g/mol. The van der Waals surface area contributed by atoms with Gasteiger partial charge in [0.1, 0.15) is 0 Å². The fraction of sp³-hybridized carbons (Fsp3) is 0.400. The Morgan fingerprint density at radius 1 is 1.58 bits per heavy atom. The molecule has 1 rings (SSSR count). The minimum Gasteiger partial charge on any atom is -0.298 e. The number of aryl methyl sites for hydroxylation is 2. The van der Waals surface area contributed by atoms with E-state index in [1.54, 1.807) is 6.20 Å². The van der Waals surface area contributed by atoms with Crippen molar-refractivity contribution in [1.82, 2.24) is 4.98 Å². The van der Waals surface area contributed by atoms with Crippen molar-refractivity contribution in [2.75, 3.05) is 0 Å². The third-order valence-electron chi connectivity index (χ3n) is 1.81. The predicted octanol–water partition coefficient (Wildman–Crippen LogP) is 2.16. The molecule has 0 aliphatic rings. The fourth-order valence-corrected chi connectivity index (χ4v) is 1.22. The van der Waals surface area contributed by atoms with Gasteiger partial charge in [-0.3, -0.25) is 9.78 Å². The first-order valence-electron chi connectivity index (χ1n) is 4.18. The lowest BCUT2D eigenvalue weighted by molar-refractivity contribution is 0.112. The summed E-state index contributed by atoms with van der Waals surface area (Å²) in [7, 11) is 0. The third-order valence-corrected chi connectivity index (χ3v) is 1.81. The summed E-state index contributed by atoms with van der Waals surface area (Å²) in [5.41, 5.74) is 2.81. The molecule has 1 heterocycles. The number of rotatable bonds is 3. The molecule has 0 radical (unpaired) electrons. The quantitative estimate of drug-likeness (QED) is 0.639. The highest BCUT2D eigenvalue weighted by Gasteiger charge is 2.00. The van der Waals surface area contributed by atoms with Gasteiger partial charge in [-0.25, -0.2) is 0 Å². The molecule has 0 fully saturated rings. The second kappa shape index (κ2) is 4.00. The Kier molecular flexibility index (Phi) is 2.97. The Bertz CT molecular complexity index is 281. The highest BCUT2D eigenvalue weighted by Crippen LogP contribution is 2.09. The van der Waals surface area contributed by atoms with Gasteiger partial charge >= 0.3 is 0 Å². The SMILES string of the molecule is CCCc1cc(C)ncc1C=O. The van der Waals surface area contributed by atoms with Crippen molar-refractivity contribution >= 4 is 6.29 Å². The summed E-state index contributed by atoms with van der Waals surface area (Å²) in [6.07, 6.45) is 4.53. The van der Waals surface area contributed by atoms with Crippen molar-refractivity contribution in [2.45, 2.75) is 26.7 Å². The van der Waals surface area contributed by atoms with Gasteiger partial charge in [-0.1, -0.05) is 13.3 Å². The largest absolute Gasteiger partial charge is 0.298 e. The van der Waals surface area contributed by atoms with Crippen molar-refractivity contribution < 1.29 is 4.79 Å². The number of nitrogens with zero attached hydrogens (tertiary/aromatic N) is 1. The molecule has 12 heavy (non-hydrogen) atoms. The van der Waals surface area contributed by atoms with E-state index in [0.717, 1.165) is 35.9 Å². The van der Waals surface area contributed by atoms with Crippen LogP contribution in [0.1, 0.15) is 35.0 Å². The molecule has 0 aliphatic heterocycles. The molecule has 1 aromatic rings. The molecule has 0 aromatic carbocycles. The topological polar surface area (TPSA) is 30.0 Å². The van der Waals surface area contributed by atoms with E-state index < -0.39 is 0 Å². The van der Waals surface area contributed by atoms with Gasteiger partial charge in [0.15, 0.2) is 6.29 Å². The maximum Gasteiger partial charge on any atom is 0.151 e. The molecule has 64 valence electrons. The smallest absolute Gasteiger partial charge is 0.151 e. The standard InChI is InChI=1S/C10H13NO/c1-3-4-9-5-8(2)11-6-10(9)7-12/h5-7H,3-4H2,1-2H3. The van der Waals surface area contributed by atoms with Crippen molar-refractivity contribution in [3.05, 3.63) is 29.1 Å². The number of hydrogen-bond acceptors (Lipinski definition) is 2. The van der Waals surface area contributed by atoms with Crippen LogP contribution in [0.4, 0.5) is 0 Å². The fourth-order valence-electron chi connectivity index (χ4n) is 1.22. The lowest BCUT2D eigenvalue weighted by Crippen LogP contribution is -1.95. The molecule has 0 saturated heterocycles. The molecule has 0 aliphatic carbocycles. The van der Waals surface area contributed by atoms with Crippen molar-refractivity contribution in [3.63, 3.8) is 0 Å². The Hall–Kier alpha value is -1.18. The Morgan fingerprint density at radius 2 is 2.33 bits per heavy atom. The third kappa shape index (κ3) is 1.91. The number of pyridine rings is 1. The number of carbonyl (C=O) groups is 1. The van der Waals surface area contributed by atoms with Gasteiger partial charge in [-0.05, 0) is 25.0 Å². The predicted molar refractivity (Wildman–Crippen MR) is 48.4 cm³/mol. The zero-order valence-corrected chi connectivity index (χ0v) is 7.50. The lowest BCUT2D eigenvalue weighted by Gasteiger charge is -2.02. The normalized spacial score (nSPS) is 9.83. The van der Waals surface area contributed by atoms with Crippen LogP contribution in [0.15, 0.2) is 12.3 Å². The zero-order chi connectivity index (χ0) is 8.97. The second-order valence-corrected chi connectivity index (χ2v) is 2.89. The zero-order valence-electron chi connectivity index (χ0n) is 7.50.